The first kappa shape index (κ1) is 18.4. The van der Waals surface area contributed by atoms with Crippen molar-refractivity contribution in [2.24, 2.45) is 17.3 Å². The average Bonchev–Trinajstić information content (AvgIpc) is 3.03. The van der Waals surface area contributed by atoms with Crippen molar-refractivity contribution in [1.29, 1.82) is 0 Å². The standard InChI is InChI=1S/C22H32FNO/c1-16(2)14-22(11-5-7-17(3)15-22)21(25)24-12-6-10-20(24)18-8-4-9-19(23)13-18/h4,8-9,13,16-17,20H,5-7,10-12,14-15H2,1-3H3. The summed E-state index contributed by atoms with van der Waals surface area (Å²) >= 11 is 0. The lowest BCUT2D eigenvalue weighted by Crippen LogP contribution is -2.46. The van der Waals surface area contributed by atoms with Crippen molar-refractivity contribution in [3.63, 3.8) is 0 Å². The van der Waals surface area contributed by atoms with Gasteiger partial charge in [0.15, 0.2) is 0 Å². The molecule has 25 heavy (non-hydrogen) atoms. The predicted octanol–water partition coefficient (Wildman–Crippen LogP) is 5.73. The highest BCUT2D eigenvalue weighted by Gasteiger charge is 2.46. The lowest BCUT2D eigenvalue weighted by Gasteiger charge is -2.43. The smallest absolute Gasteiger partial charge is 0.229 e. The molecule has 2 aliphatic rings. The Kier molecular flexibility index (Phi) is 5.50. The fourth-order valence-corrected chi connectivity index (χ4v) is 5.28. The second-order valence-electron chi connectivity index (χ2n) is 8.79. The van der Waals surface area contributed by atoms with Gasteiger partial charge in [0, 0.05) is 12.0 Å². The average molecular weight is 346 g/mol. The van der Waals surface area contributed by atoms with E-state index in [1.54, 1.807) is 12.1 Å². The maximum Gasteiger partial charge on any atom is 0.229 e. The van der Waals surface area contributed by atoms with Crippen LogP contribution in [0.5, 0.6) is 0 Å². The van der Waals surface area contributed by atoms with Crippen molar-refractivity contribution in [3.8, 4) is 0 Å². The van der Waals surface area contributed by atoms with Crippen LogP contribution in [-0.4, -0.2) is 17.4 Å². The largest absolute Gasteiger partial charge is 0.335 e. The first-order valence-electron chi connectivity index (χ1n) is 9.98. The molecule has 0 radical (unpaired) electrons. The van der Waals surface area contributed by atoms with Crippen LogP contribution in [0, 0.1) is 23.1 Å². The van der Waals surface area contributed by atoms with E-state index in [9.17, 15) is 9.18 Å². The minimum atomic E-state index is -0.208. The molecule has 1 aromatic carbocycles. The second kappa shape index (κ2) is 7.47. The molecule has 0 N–H and O–H groups in total. The van der Waals surface area contributed by atoms with Gasteiger partial charge in [0.05, 0.1) is 6.04 Å². The van der Waals surface area contributed by atoms with Gasteiger partial charge in [-0.3, -0.25) is 4.79 Å². The molecule has 3 unspecified atom stereocenters. The summed E-state index contributed by atoms with van der Waals surface area (Å²) in [5.74, 6) is 1.26. The van der Waals surface area contributed by atoms with E-state index in [-0.39, 0.29) is 17.3 Å². The summed E-state index contributed by atoms with van der Waals surface area (Å²) < 4.78 is 13.7. The molecule has 1 aliphatic carbocycles. The van der Waals surface area contributed by atoms with Crippen LogP contribution >= 0.6 is 0 Å². The van der Waals surface area contributed by atoms with E-state index in [2.05, 4.69) is 25.7 Å². The number of nitrogens with zero attached hydrogens (tertiary/aromatic N) is 1. The highest BCUT2D eigenvalue weighted by Crippen LogP contribution is 2.47. The molecular formula is C22H32FNO. The fourth-order valence-electron chi connectivity index (χ4n) is 5.28. The van der Waals surface area contributed by atoms with Crippen LogP contribution in [-0.2, 0) is 4.79 Å². The molecule has 2 nitrogen and oxygen atoms in total. The van der Waals surface area contributed by atoms with Crippen LogP contribution in [0.15, 0.2) is 24.3 Å². The first-order chi connectivity index (χ1) is 11.9. The summed E-state index contributed by atoms with van der Waals surface area (Å²) in [5, 5.41) is 0. The quantitative estimate of drug-likeness (QED) is 0.682. The number of benzene rings is 1. The normalized spacial score (nSPS) is 30.0. The highest BCUT2D eigenvalue weighted by molar-refractivity contribution is 5.83. The zero-order valence-corrected chi connectivity index (χ0v) is 15.9. The van der Waals surface area contributed by atoms with Crippen molar-refractivity contribution < 1.29 is 9.18 Å². The van der Waals surface area contributed by atoms with E-state index >= 15 is 0 Å². The van der Waals surface area contributed by atoms with Crippen molar-refractivity contribution >= 4 is 5.91 Å². The number of carbonyl (C=O) groups is 1. The van der Waals surface area contributed by atoms with Crippen molar-refractivity contribution in [2.75, 3.05) is 6.54 Å². The SMILES string of the molecule is CC(C)CC1(C(=O)N2CCCC2c2cccc(F)c2)CCCC(C)C1. The van der Waals surface area contributed by atoms with E-state index in [0.29, 0.717) is 17.7 Å². The molecule has 0 bridgehead atoms. The van der Waals surface area contributed by atoms with Gasteiger partial charge in [0.25, 0.3) is 0 Å². The Morgan fingerprint density at radius 3 is 2.80 bits per heavy atom. The molecule has 1 heterocycles. The number of likely N-dealkylation sites (tertiary alicyclic amines) is 1. The van der Waals surface area contributed by atoms with Gasteiger partial charge in [0.2, 0.25) is 5.91 Å². The first-order valence-corrected chi connectivity index (χ1v) is 9.98. The lowest BCUT2D eigenvalue weighted by molar-refractivity contribution is -0.147. The van der Waals surface area contributed by atoms with Gasteiger partial charge in [-0.25, -0.2) is 4.39 Å². The number of rotatable bonds is 4. The van der Waals surface area contributed by atoms with Gasteiger partial charge in [-0.1, -0.05) is 45.7 Å². The third-order valence-corrected chi connectivity index (χ3v) is 6.09. The second-order valence-corrected chi connectivity index (χ2v) is 8.79. The summed E-state index contributed by atoms with van der Waals surface area (Å²) in [7, 11) is 0. The highest BCUT2D eigenvalue weighted by atomic mass is 19.1. The van der Waals surface area contributed by atoms with Crippen molar-refractivity contribution in [2.45, 2.75) is 71.8 Å². The zero-order valence-electron chi connectivity index (χ0n) is 15.9. The van der Waals surface area contributed by atoms with Gasteiger partial charge >= 0.3 is 0 Å². The van der Waals surface area contributed by atoms with Crippen LogP contribution in [0.1, 0.15) is 77.3 Å². The molecule has 2 fully saturated rings. The molecule has 1 saturated heterocycles. The third-order valence-electron chi connectivity index (χ3n) is 6.09. The number of hydrogen-bond acceptors (Lipinski definition) is 1. The van der Waals surface area contributed by atoms with E-state index in [1.807, 2.05) is 6.07 Å². The Bertz CT molecular complexity index is 610. The van der Waals surface area contributed by atoms with E-state index in [0.717, 1.165) is 50.6 Å². The third kappa shape index (κ3) is 3.91. The molecule has 3 heteroatoms. The van der Waals surface area contributed by atoms with Crippen LogP contribution < -0.4 is 0 Å². The summed E-state index contributed by atoms with van der Waals surface area (Å²) in [6.07, 6.45) is 7.35. The van der Waals surface area contributed by atoms with Crippen LogP contribution in [0.3, 0.4) is 0 Å². The van der Waals surface area contributed by atoms with Crippen LogP contribution in [0.4, 0.5) is 4.39 Å². The van der Waals surface area contributed by atoms with Gasteiger partial charge in [-0.2, -0.15) is 0 Å². The molecular weight excluding hydrogens is 313 g/mol. The Labute approximate surface area is 151 Å². The molecule has 1 amide bonds. The van der Waals surface area contributed by atoms with Crippen molar-refractivity contribution in [1.82, 2.24) is 4.90 Å². The molecule has 1 aliphatic heterocycles. The topological polar surface area (TPSA) is 20.3 Å². The molecule has 3 atom stereocenters. The molecule has 0 aromatic heterocycles. The molecule has 138 valence electrons. The molecule has 1 saturated carbocycles. The fraction of sp³-hybridized carbons (Fsp3) is 0.682. The molecule has 1 aromatic rings. The predicted molar refractivity (Wildman–Crippen MR) is 99.6 cm³/mol. The maximum atomic E-state index is 13.7. The van der Waals surface area contributed by atoms with E-state index in [1.165, 1.54) is 12.5 Å². The minimum Gasteiger partial charge on any atom is -0.335 e. The lowest BCUT2D eigenvalue weighted by atomic mass is 9.65. The summed E-state index contributed by atoms with van der Waals surface area (Å²) in [6.45, 7) is 7.55. The Balaban J connectivity index is 1.87. The van der Waals surface area contributed by atoms with E-state index in [4.69, 9.17) is 0 Å². The van der Waals surface area contributed by atoms with Crippen LogP contribution in [0.25, 0.3) is 0 Å². The Morgan fingerprint density at radius 2 is 2.12 bits per heavy atom. The van der Waals surface area contributed by atoms with Crippen LogP contribution in [0.2, 0.25) is 0 Å². The monoisotopic (exact) mass is 345 g/mol. The van der Waals surface area contributed by atoms with Gasteiger partial charge in [0.1, 0.15) is 5.82 Å². The maximum absolute atomic E-state index is 13.7. The number of amides is 1. The summed E-state index contributed by atoms with van der Waals surface area (Å²) in [4.78, 5) is 15.8. The number of carbonyl (C=O) groups excluding carboxylic acids is 1. The molecule has 3 rings (SSSR count). The van der Waals surface area contributed by atoms with Gasteiger partial charge in [-0.05, 0) is 61.6 Å². The summed E-state index contributed by atoms with van der Waals surface area (Å²) in [6, 6.07) is 6.86. The Hall–Kier alpha value is -1.38. The van der Waals surface area contributed by atoms with Gasteiger partial charge in [-0.15, -0.1) is 0 Å². The number of halogens is 1. The van der Waals surface area contributed by atoms with Gasteiger partial charge < -0.3 is 4.90 Å². The number of hydrogen-bond donors (Lipinski definition) is 0. The van der Waals surface area contributed by atoms with Crippen molar-refractivity contribution in [3.05, 3.63) is 35.6 Å². The minimum absolute atomic E-state index is 0.0458. The Morgan fingerprint density at radius 1 is 1.32 bits per heavy atom. The molecule has 0 spiro atoms. The summed E-state index contributed by atoms with van der Waals surface area (Å²) in [5.41, 5.74) is 0.747. The van der Waals surface area contributed by atoms with E-state index < -0.39 is 0 Å². The zero-order chi connectivity index (χ0) is 18.0.